The van der Waals surface area contributed by atoms with Gasteiger partial charge in [-0.15, -0.1) is 0 Å². The Hall–Kier alpha value is -0.0400. The minimum atomic E-state index is -0.362. The molecule has 70 valence electrons. The summed E-state index contributed by atoms with van der Waals surface area (Å²) in [6, 6.07) is 0. The fourth-order valence-electron chi connectivity index (χ4n) is 3.56. The zero-order valence-corrected chi connectivity index (χ0v) is 8.43. The van der Waals surface area contributed by atoms with Crippen molar-refractivity contribution in [3.8, 4) is 0 Å². The summed E-state index contributed by atoms with van der Waals surface area (Å²) in [5, 5.41) is 10.1. The third-order valence-corrected chi connectivity index (χ3v) is 4.73. The fraction of sp³-hybridized carbons (Fsp3) is 1.00. The van der Waals surface area contributed by atoms with Crippen molar-refractivity contribution in [3.05, 3.63) is 0 Å². The van der Waals surface area contributed by atoms with E-state index in [1.54, 1.807) is 0 Å². The maximum Gasteiger partial charge on any atom is 0.0653 e. The van der Waals surface area contributed by atoms with Crippen LogP contribution in [-0.2, 0) is 0 Å². The largest absolute Gasteiger partial charge is 0.390 e. The predicted molar refractivity (Wildman–Crippen MR) is 49.9 cm³/mol. The van der Waals surface area contributed by atoms with Crippen molar-refractivity contribution in [2.24, 2.45) is 17.3 Å². The lowest BCUT2D eigenvalue weighted by Crippen LogP contribution is -2.34. The quantitative estimate of drug-likeness (QED) is 0.589. The summed E-state index contributed by atoms with van der Waals surface area (Å²) in [6.07, 6.45) is 4.80. The molecule has 0 saturated heterocycles. The molecule has 0 amide bonds. The van der Waals surface area contributed by atoms with E-state index in [4.69, 9.17) is 0 Å². The molecule has 0 spiro atoms. The van der Waals surface area contributed by atoms with E-state index in [-0.39, 0.29) is 5.60 Å². The lowest BCUT2D eigenvalue weighted by atomic mass is 9.74. The highest BCUT2D eigenvalue weighted by atomic mass is 16.3. The van der Waals surface area contributed by atoms with Crippen LogP contribution >= 0.6 is 0 Å². The molecule has 1 nitrogen and oxygen atoms in total. The summed E-state index contributed by atoms with van der Waals surface area (Å²) in [5.41, 5.74) is 0.0863. The highest BCUT2D eigenvalue weighted by molar-refractivity contribution is 5.06. The lowest BCUT2D eigenvalue weighted by Gasteiger charge is -2.33. The van der Waals surface area contributed by atoms with Crippen LogP contribution in [0.4, 0.5) is 0 Å². The van der Waals surface area contributed by atoms with Crippen LogP contribution in [0, 0.1) is 17.3 Å². The monoisotopic (exact) mass is 168 g/mol. The molecule has 2 aliphatic rings. The summed E-state index contributed by atoms with van der Waals surface area (Å²) in [7, 11) is 0. The van der Waals surface area contributed by atoms with Crippen LogP contribution in [-0.4, -0.2) is 10.7 Å². The van der Waals surface area contributed by atoms with Crippen LogP contribution in [0.5, 0.6) is 0 Å². The molecule has 2 aliphatic carbocycles. The highest BCUT2D eigenvalue weighted by Gasteiger charge is 2.56. The maximum atomic E-state index is 10.1. The first kappa shape index (κ1) is 8.55. The van der Waals surface area contributed by atoms with Gasteiger partial charge in [-0.25, -0.2) is 0 Å². The topological polar surface area (TPSA) is 20.2 Å². The van der Waals surface area contributed by atoms with Gasteiger partial charge in [-0.05, 0) is 49.9 Å². The van der Waals surface area contributed by atoms with E-state index in [9.17, 15) is 5.11 Å². The van der Waals surface area contributed by atoms with Gasteiger partial charge in [0.15, 0.2) is 0 Å². The summed E-state index contributed by atoms with van der Waals surface area (Å²) < 4.78 is 0. The van der Waals surface area contributed by atoms with E-state index in [2.05, 4.69) is 13.8 Å². The minimum absolute atomic E-state index is 0.362. The van der Waals surface area contributed by atoms with Gasteiger partial charge in [0, 0.05) is 0 Å². The normalized spacial score (nSPS) is 59.0. The molecule has 12 heavy (non-hydrogen) atoms. The Morgan fingerprint density at radius 2 is 1.83 bits per heavy atom. The Labute approximate surface area is 75.2 Å². The molecule has 4 unspecified atom stereocenters. The minimum Gasteiger partial charge on any atom is -0.390 e. The first-order chi connectivity index (χ1) is 5.47. The molecule has 1 heteroatoms. The van der Waals surface area contributed by atoms with E-state index in [0.29, 0.717) is 11.3 Å². The second-order valence-corrected chi connectivity index (χ2v) is 5.39. The van der Waals surface area contributed by atoms with Gasteiger partial charge in [0.05, 0.1) is 5.60 Å². The van der Waals surface area contributed by atoms with Crippen molar-refractivity contribution in [3.63, 3.8) is 0 Å². The van der Waals surface area contributed by atoms with Crippen molar-refractivity contribution in [1.82, 2.24) is 0 Å². The van der Waals surface area contributed by atoms with Crippen LogP contribution in [0.15, 0.2) is 0 Å². The van der Waals surface area contributed by atoms with Crippen LogP contribution < -0.4 is 0 Å². The standard InChI is InChI=1S/C11H20O/c1-8-4-5-9-10(8,2)6-7-11(9,3)12/h8-9,12H,4-7H2,1-3H3. The molecule has 0 aromatic rings. The number of rotatable bonds is 0. The van der Waals surface area contributed by atoms with Crippen molar-refractivity contribution in [2.75, 3.05) is 0 Å². The van der Waals surface area contributed by atoms with Gasteiger partial charge < -0.3 is 5.11 Å². The summed E-state index contributed by atoms with van der Waals surface area (Å²) in [6.45, 7) is 6.75. The van der Waals surface area contributed by atoms with Crippen LogP contribution in [0.1, 0.15) is 46.5 Å². The molecule has 4 atom stereocenters. The van der Waals surface area contributed by atoms with E-state index >= 15 is 0 Å². The molecular formula is C11H20O. The van der Waals surface area contributed by atoms with E-state index in [0.717, 1.165) is 12.3 Å². The van der Waals surface area contributed by atoms with Gasteiger partial charge in [-0.3, -0.25) is 0 Å². The molecule has 2 saturated carbocycles. The smallest absolute Gasteiger partial charge is 0.0653 e. The molecule has 0 radical (unpaired) electrons. The predicted octanol–water partition coefficient (Wildman–Crippen LogP) is 2.58. The second-order valence-electron chi connectivity index (χ2n) is 5.39. The van der Waals surface area contributed by atoms with Gasteiger partial charge in [-0.1, -0.05) is 13.8 Å². The number of hydrogen-bond donors (Lipinski definition) is 1. The molecule has 0 aliphatic heterocycles. The lowest BCUT2D eigenvalue weighted by molar-refractivity contribution is -0.00110. The molecule has 0 aromatic carbocycles. The third-order valence-electron chi connectivity index (χ3n) is 4.73. The van der Waals surface area contributed by atoms with Crippen LogP contribution in [0.2, 0.25) is 0 Å². The van der Waals surface area contributed by atoms with E-state index in [1.807, 2.05) is 6.92 Å². The summed E-state index contributed by atoms with van der Waals surface area (Å²) in [5.74, 6) is 1.39. The Balaban J connectivity index is 2.29. The average molecular weight is 168 g/mol. The number of fused-ring (bicyclic) bond motifs is 1. The molecule has 2 fully saturated rings. The van der Waals surface area contributed by atoms with Crippen molar-refractivity contribution in [1.29, 1.82) is 0 Å². The fourth-order valence-corrected chi connectivity index (χ4v) is 3.56. The summed E-state index contributed by atoms with van der Waals surface area (Å²) in [4.78, 5) is 0. The van der Waals surface area contributed by atoms with Gasteiger partial charge >= 0.3 is 0 Å². The molecule has 0 aromatic heterocycles. The van der Waals surface area contributed by atoms with Gasteiger partial charge in [0.2, 0.25) is 0 Å². The van der Waals surface area contributed by atoms with Crippen molar-refractivity contribution in [2.45, 2.75) is 52.1 Å². The molecule has 0 heterocycles. The number of hydrogen-bond acceptors (Lipinski definition) is 1. The van der Waals surface area contributed by atoms with Crippen molar-refractivity contribution < 1.29 is 5.11 Å². The number of aliphatic hydroxyl groups is 1. The third kappa shape index (κ3) is 0.891. The van der Waals surface area contributed by atoms with E-state index < -0.39 is 0 Å². The average Bonchev–Trinajstić information content (AvgIpc) is 2.37. The van der Waals surface area contributed by atoms with Gasteiger partial charge in [0.25, 0.3) is 0 Å². The zero-order valence-electron chi connectivity index (χ0n) is 8.43. The molecule has 0 bridgehead atoms. The Morgan fingerprint density at radius 1 is 1.17 bits per heavy atom. The second kappa shape index (κ2) is 2.25. The molecular weight excluding hydrogens is 148 g/mol. The first-order valence-corrected chi connectivity index (χ1v) is 5.19. The van der Waals surface area contributed by atoms with Crippen molar-refractivity contribution >= 4 is 0 Å². The van der Waals surface area contributed by atoms with Crippen LogP contribution in [0.3, 0.4) is 0 Å². The van der Waals surface area contributed by atoms with E-state index in [1.165, 1.54) is 19.3 Å². The maximum absolute atomic E-state index is 10.1. The Morgan fingerprint density at radius 3 is 2.42 bits per heavy atom. The Kier molecular flexibility index (Phi) is 1.61. The molecule has 1 N–H and O–H groups in total. The first-order valence-electron chi connectivity index (χ1n) is 5.19. The Bertz CT molecular complexity index is 197. The van der Waals surface area contributed by atoms with Gasteiger partial charge in [-0.2, -0.15) is 0 Å². The highest BCUT2D eigenvalue weighted by Crippen LogP contribution is 2.60. The summed E-state index contributed by atoms with van der Waals surface area (Å²) >= 11 is 0. The van der Waals surface area contributed by atoms with Crippen LogP contribution in [0.25, 0.3) is 0 Å². The van der Waals surface area contributed by atoms with Gasteiger partial charge in [0.1, 0.15) is 0 Å². The zero-order chi connectivity index (χ0) is 8.98. The SMILES string of the molecule is CC1CCC2C(C)(O)CCC12C. The molecule has 2 rings (SSSR count).